The number of halogens is 1. The number of nitrogens with one attached hydrogen (secondary N) is 2. The minimum atomic E-state index is 0.0647. The Bertz CT molecular complexity index is 925. The van der Waals surface area contributed by atoms with E-state index in [1.54, 1.807) is 0 Å². The number of thiazole rings is 1. The van der Waals surface area contributed by atoms with Crippen LogP contribution in [0.4, 0.5) is 16.5 Å². The van der Waals surface area contributed by atoms with Gasteiger partial charge >= 0.3 is 0 Å². The number of anilines is 3. The van der Waals surface area contributed by atoms with Gasteiger partial charge in [0.15, 0.2) is 5.13 Å². The predicted octanol–water partition coefficient (Wildman–Crippen LogP) is 7.12. The first-order valence-electron chi connectivity index (χ1n) is 9.52. The van der Waals surface area contributed by atoms with E-state index in [1.807, 2.05) is 53.9 Å². The van der Waals surface area contributed by atoms with Gasteiger partial charge in [-0.1, -0.05) is 56.0 Å². The van der Waals surface area contributed by atoms with Crippen molar-refractivity contribution in [3.05, 3.63) is 58.9 Å². The lowest BCUT2D eigenvalue weighted by atomic mass is 10.1. The molecule has 0 aliphatic carbocycles. The van der Waals surface area contributed by atoms with E-state index in [-0.39, 0.29) is 5.91 Å². The van der Waals surface area contributed by atoms with E-state index in [9.17, 15) is 4.79 Å². The SMILES string of the molecule is CCCCCCC(=O)Nc1cccc(-c2csc(Nc3cccc(Cl)c3)n2)c1. The zero-order chi connectivity index (χ0) is 19.8. The number of hydrogen-bond acceptors (Lipinski definition) is 4. The van der Waals surface area contributed by atoms with E-state index < -0.39 is 0 Å². The Labute approximate surface area is 175 Å². The molecule has 0 atom stereocenters. The molecule has 0 saturated carbocycles. The molecule has 3 rings (SSSR count). The van der Waals surface area contributed by atoms with Crippen molar-refractivity contribution in [3.8, 4) is 11.3 Å². The fourth-order valence-corrected chi connectivity index (χ4v) is 3.78. The Hall–Kier alpha value is -2.37. The monoisotopic (exact) mass is 413 g/mol. The standard InChI is InChI=1S/C22H24ClN3OS/c1-2-3-4-5-12-21(27)24-18-10-6-8-16(13-18)20-15-28-22(26-20)25-19-11-7-9-17(23)14-19/h6-11,13-15H,2-5,12H2,1H3,(H,24,27)(H,25,26). The van der Waals surface area contributed by atoms with Gasteiger partial charge in [-0.15, -0.1) is 11.3 Å². The first kappa shape index (κ1) is 20.4. The fraction of sp³-hybridized carbons (Fsp3) is 0.273. The molecular formula is C22H24ClN3OS. The van der Waals surface area contributed by atoms with E-state index in [4.69, 9.17) is 11.6 Å². The summed E-state index contributed by atoms with van der Waals surface area (Å²) in [5.41, 5.74) is 3.54. The van der Waals surface area contributed by atoms with Gasteiger partial charge in [0, 0.05) is 33.8 Å². The molecule has 0 aliphatic rings. The first-order chi connectivity index (χ1) is 13.6. The highest BCUT2D eigenvalue weighted by atomic mass is 35.5. The highest BCUT2D eigenvalue weighted by Gasteiger charge is 2.08. The summed E-state index contributed by atoms with van der Waals surface area (Å²) >= 11 is 7.55. The Balaban J connectivity index is 1.62. The minimum Gasteiger partial charge on any atom is -0.331 e. The molecule has 0 unspecified atom stereocenters. The van der Waals surface area contributed by atoms with Crippen LogP contribution in [-0.2, 0) is 4.79 Å². The average Bonchev–Trinajstić information content (AvgIpc) is 3.14. The molecule has 146 valence electrons. The maximum absolute atomic E-state index is 12.1. The van der Waals surface area contributed by atoms with Gasteiger partial charge in [0.05, 0.1) is 5.69 Å². The summed E-state index contributed by atoms with van der Waals surface area (Å²) in [6, 6.07) is 15.3. The van der Waals surface area contributed by atoms with Crippen molar-refractivity contribution in [1.29, 1.82) is 0 Å². The molecule has 1 amide bonds. The van der Waals surface area contributed by atoms with E-state index in [0.29, 0.717) is 11.4 Å². The molecule has 2 aromatic carbocycles. The van der Waals surface area contributed by atoms with Gasteiger partial charge in [0.1, 0.15) is 0 Å². The lowest BCUT2D eigenvalue weighted by molar-refractivity contribution is -0.116. The summed E-state index contributed by atoms with van der Waals surface area (Å²) in [7, 11) is 0. The van der Waals surface area contributed by atoms with Crippen LogP contribution in [0.2, 0.25) is 5.02 Å². The molecule has 0 spiro atoms. The molecule has 0 fully saturated rings. The number of unbranched alkanes of at least 4 members (excludes halogenated alkanes) is 3. The molecule has 28 heavy (non-hydrogen) atoms. The van der Waals surface area contributed by atoms with Crippen LogP contribution < -0.4 is 10.6 Å². The van der Waals surface area contributed by atoms with Crippen molar-refractivity contribution in [2.75, 3.05) is 10.6 Å². The smallest absolute Gasteiger partial charge is 0.224 e. The number of hydrogen-bond donors (Lipinski definition) is 2. The Morgan fingerprint density at radius 1 is 1.07 bits per heavy atom. The highest BCUT2D eigenvalue weighted by Crippen LogP contribution is 2.29. The third-order valence-corrected chi connectivity index (χ3v) is 5.27. The zero-order valence-corrected chi connectivity index (χ0v) is 17.4. The molecule has 1 aromatic heterocycles. The van der Waals surface area contributed by atoms with Crippen LogP contribution in [0.5, 0.6) is 0 Å². The molecule has 1 heterocycles. The third-order valence-electron chi connectivity index (χ3n) is 4.28. The van der Waals surface area contributed by atoms with Crippen molar-refractivity contribution in [1.82, 2.24) is 4.98 Å². The molecule has 0 bridgehead atoms. The number of carbonyl (C=O) groups excluding carboxylic acids is 1. The zero-order valence-electron chi connectivity index (χ0n) is 15.9. The maximum Gasteiger partial charge on any atom is 0.224 e. The lowest BCUT2D eigenvalue weighted by Crippen LogP contribution is -2.11. The van der Waals surface area contributed by atoms with Crippen molar-refractivity contribution < 1.29 is 4.79 Å². The quantitative estimate of drug-likeness (QED) is 0.367. The normalized spacial score (nSPS) is 10.6. The number of carbonyl (C=O) groups is 1. The van der Waals surface area contributed by atoms with Gasteiger partial charge in [-0.05, 0) is 36.8 Å². The van der Waals surface area contributed by atoms with Gasteiger partial charge in [-0.25, -0.2) is 4.98 Å². The maximum atomic E-state index is 12.1. The van der Waals surface area contributed by atoms with Crippen LogP contribution >= 0.6 is 22.9 Å². The molecule has 0 aliphatic heterocycles. The summed E-state index contributed by atoms with van der Waals surface area (Å²) < 4.78 is 0. The van der Waals surface area contributed by atoms with Crippen molar-refractivity contribution in [2.45, 2.75) is 39.0 Å². The number of amides is 1. The summed E-state index contributed by atoms with van der Waals surface area (Å²) in [5, 5.41) is 9.73. The predicted molar refractivity (Wildman–Crippen MR) is 120 cm³/mol. The molecule has 4 nitrogen and oxygen atoms in total. The van der Waals surface area contributed by atoms with Crippen LogP contribution in [-0.4, -0.2) is 10.9 Å². The summed E-state index contributed by atoms with van der Waals surface area (Å²) in [4.78, 5) is 16.8. The van der Waals surface area contributed by atoms with Crippen molar-refractivity contribution in [3.63, 3.8) is 0 Å². The van der Waals surface area contributed by atoms with Gasteiger partial charge in [0.25, 0.3) is 0 Å². The van der Waals surface area contributed by atoms with Crippen LogP contribution in [0.1, 0.15) is 39.0 Å². The van der Waals surface area contributed by atoms with Crippen LogP contribution in [0, 0.1) is 0 Å². The molecule has 6 heteroatoms. The van der Waals surface area contributed by atoms with E-state index in [1.165, 1.54) is 24.2 Å². The van der Waals surface area contributed by atoms with Crippen LogP contribution in [0.3, 0.4) is 0 Å². The minimum absolute atomic E-state index is 0.0647. The first-order valence-corrected chi connectivity index (χ1v) is 10.8. The molecule has 0 saturated heterocycles. The van der Waals surface area contributed by atoms with E-state index >= 15 is 0 Å². The largest absolute Gasteiger partial charge is 0.331 e. The molecular weight excluding hydrogens is 390 g/mol. The average molecular weight is 414 g/mol. The second-order valence-corrected chi connectivity index (χ2v) is 7.91. The van der Waals surface area contributed by atoms with Gasteiger partial charge < -0.3 is 10.6 Å². The van der Waals surface area contributed by atoms with Gasteiger partial charge in [-0.2, -0.15) is 0 Å². The number of nitrogens with zero attached hydrogens (tertiary/aromatic N) is 1. The molecule has 3 aromatic rings. The molecule has 0 radical (unpaired) electrons. The van der Waals surface area contributed by atoms with Gasteiger partial charge in [-0.3, -0.25) is 4.79 Å². The number of rotatable bonds is 9. The van der Waals surface area contributed by atoms with E-state index in [2.05, 4.69) is 22.5 Å². The number of aromatic nitrogens is 1. The fourth-order valence-electron chi connectivity index (χ4n) is 2.85. The summed E-state index contributed by atoms with van der Waals surface area (Å²) in [5.74, 6) is 0.0647. The topological polar surface area (TPSA) is 54.0 Å². The van der Waals surface area contributed by atoms with Crippen LogP contribution in [0.25, 0.3) is 11.3 Å². The Morgan fingerprint density at radius 3 is 2.71 bits per heavy atom. The number of benzene rings is 2. The highest BCUT2D eigenvalue weighted by molar-refractivity contribution is 7.14. The van der Waals surface area contributed by atoms with Crippen molar-refractivity contribution >= 4 is 45.4 Å². The lowest BCUT2D eigenvalue weighted by Gasteiger charge is -2.07. The summed E-state index contributed by atoms with van der Waals surface area (Å²) in [6.45, 7) is 2.17. The van der Waals surface area contributed by atoms with Crippen LogP contribution in [0.15, 0.2) is 53.9 Å². The van der Waals surface area contributed by atoms with Gasteiger partial charge in [0.2, 0.25) is 5.91 Å². The third kappa shape index (κ3) is 6.08. The summed E-state index contributed by atoms with van der Waals surface area (Å²) in [6.07, 6.45) is 4.95. The second kappa shape index (κ2) is 10.2. The Kier molecular flexibility index (Phi) is 7.46. The Morgan fingerprint density at radius 2 is 1.89 bits per heavy atom. The van der Waals surface area contributed by atoms with E-state index in [0.717, 1.165) is 40.6 Å². The second-order valence-electron chi connectivity index (χ2n) is 6.61. The molecule has 2 N–H and O–H groups in total. The van der Waals surface area contributed by atoms with Crippen molar-refractivity contribution in [2.24, 2.45) is 0 Å².